The highest BCUT2D eigenvalue weighted by Gasteiger charge is 2.25. The number of thiophene rings is 1. The van der Waals surface area contributed by atoms with Gasteiger partial charge in [-0.25, -0.2) is 15.0 Å². The monoisotopic (exact) mass is 630 g/mol. The molecule has 5 heteroatoms. The van der Waals surface area contributed by atoms with Gasteiger partial charge in [-0.1, -0.05) is 109 Å². The predicted molar refractivity (Wildman–Crippen MR) is 200 cm³/mol. The van der Waals surface area contributed by atoms with E-state index in [9.17, 15) is 0 Å². The minimum absolute atomic E-state index is 0.647. The maximum Gasteiger partial charge on any atom is 0.164 e. The maximum absolute atomic E-state index is 5.07. The molecule has 0 saturated heterocycles. The number of benzene rings is 7. The minimum atomic E-state index is 0.647. The summed E-state index contributed by atoms with van der Waals surface area (Å²) in [5, 5.41) is 5.04. The summed E-state index contributed by atoms with van der Waals surface area (Å²) in [5.41, 5.74) is 8.80. The van der Waals surface area contributed by atoms with Crippen LogP contribution in [0.2, 0.25) is 0 Å². The summed E-state index contributed by atoms with van der Waals surface area (Å²) in [4.78, 5) is 17.4. The molecule has 10 rings (SSSR count). The van der Waals surface area contributed by atoms with Crippen LogP contribution >= 0.6 is 11.3 Å². The van der Waals surface area contributed by atoms with Gasteiger partial charge in [0.25, 0.3) is 0 Å². The molecule has 48 heavy (non-hydrogen) atoms. The summed E-state index contributed by atoms with van der Waals surface area (Å²) in [6.07, 6.45) is 0. The van der Waals surface area contributed by atoms with Gasteiger partial charge in [0.1, 0.15) is 0 Å². The molecule has 0 fully saturated rings. The van der Waals surface area contributed by atoms with E-state index >= 15 is 0 Å². The van der Waals surface area contributed by atoms with Crippen molar-refractivity contribution in [1.29, 1.82) is 0 Å². The minimum Gasteiger partial charge on any atom is -0.309 e. The summed E-state index contributed by atoms with van der Waals surface area (Å²) in [6.45, 7) is 0. The van der Waals surface area contributed by atoms with Crippen LogP contribution in [0.25, 0.3) is 76.2 Å². The van der Waals surface area contributed by atoms with E-state index in [1.54, 1.807) is 11.3 Å². The summed E-state index contributed by atoms with van der Waals surface area (Å²) in [7, 11) is 0. The molecule has 0 N–H and O–H groups in total. The van der Waals surface area contributed by atoms with Crippen LogP contribution in [0.3, 0.4) is 0 Å². The van der Waals surface area contributed by atoms with E-state index < -0.39 is 0 Å². The van der Waals surface area contributed by atoms with Gasteiger partial charge in [0, 0.05) is 53.5 Å². The van der Waals surface area contributed by atoms with E-state index in [0.29, 0.717) is 17.5 Å². The predicted octanol–water partition coefficient (Wildman–Crippen LogP) is 11.8. The lowest BCUT2D eigenvalue weighted by molar-refractivity contribution is 1.07. The average molecular weight is 631 g/mol. The highest BCUT2D eigenvalue weighted by Crippen LogP contribution is 2.50. The first-order chi connectivity index (χ1) is 23.8. The van der Waals surface area contributed by atoms with Crippen LogP contribution in [-0.2, 0) is 0 Å². The van der Waals surface area contributed by atoms with E-state index in [0.717, 1.165) is 22.4 Å². The molecule has 0 radical (unpaired) electrons. The zero-order valence-electron chi connectivity index (χ0n) is 25.7. The molecule has 0 aliphatic carbocycles. The molecule has 0 spiro atoms. The summed E-state index contributed by atoms with van der Waals surface area (Å²) in [6, 6.07) is 55.6. The van der Waals surface area contributed by atoms with Gasteiger partial charge in [0.2, 0.25) is 0 Å². The van der Waals surface area contributed by atoms with E-state index in [2.05, 4.69) is 132 Å². The molecule has 7 aromatic carbocycles. The molecule has 0 unspecified atom stereocenters. The van der Waals surface area contributed by atoms with E-state index in [-0.39, 0.29) is 0 Å². The second-order valence-electron chi connectivity index (χ2n) is 12.1. The summed E-state index contributed by atoms with van der Waals surface area (Å²) in [5.74, 6) is 1.97. The Kier molecular flexibility index (Phi) is 6.01. The smallest absolute Gasteiger partial charge is 0.164 e. The van der Waals surface area contributed by atoms with Crippen LogP contribution in [0.4, 0.5) is 17.1 Å². The van der Waals surface area contributed by atoms with Gasteiger partial charge in [-0.2, -0.15) is 0 Å². The van der Waals surface area contributed by atoms with Crippen molar-refractivity contribution in [3.05, 3.63) is 158 Å². The summed E-state index contributed by atoms with van der Waals surface area (Å²) >= 11 is 1.80. The van der Waals surface area contributed by atoms with Crippen molar-refractivity contribution in [2.24, 2.45) is 0 Å². The third kappa shape index (κ3) is 4.25. The molecular formula is C43H26N4S. The number of anilines is 3. The highest BCUT2D eigenvalue weighted by atomic mass is 32.1. The van der Waals surface area contributed by atoms with Crippen molar-refractivity contribution >= 4 is 59.3 Å². The van der Waals surface area contributed by atoms with E-state index in [1.807, 2.05) is 30.3 Å². The van der Waals surface area contributed by atoms with Crippen LogP contribution in [0.5, 0.6) is 0 Å². The molecule has 0 amide bonds. The highest BCUT2D eigenvalue weighted by molar-refractivity contribution is 7.25. The molecular weight excluding hydrogens is 605 g/mol. The van der Waals surface area contributed by atoms with Crippen LogP contribution < -0.4 is 4.90 Å². The molecule has 0 atom stereocenters. The molecule has 0 bridgehead atoms. The quantitative estimate of drug-likeness (QED) is 0.194. The van der Waals surface area contributed by atoms with Crippen molar-refractivity contribution in [2.45, 2.75) is 0 Å². The van der Waals surface area contributed by atoms with Gasteiger partial charge in [-0.15, -0.1) is 11.3 Å². The Morgan fingerprint density at radius 1 is 0.417 bits per heavy atom. The SMILES string of the molecule is c1ccc(-c2nc(-c3ccc(N4c5ccccc5-c5cccc6cccc4c56)cc3)nc(-c3ccc4c(c3)sc3ccccc34)n2)cc1. The second-order valence-corrected chi connectivity index (χ2v) is 13.1. The van der Waals surface area contributed by atoms with E-state index in [4.69, 9.17) is 15.0 Å². The second kappa shape index (κ2) is 10.7. The Bertz CT molecular complexity index is 2670. The Labute approximate surface area is 281 Å². The van der Waals surface area contributed by atoms with Gasteiger partial charge in [0.05, 0.1) is 11.4 Å². The van der Waals surface area contributed by atoms with Gasteiger partial charge < -0.3 is 4.90 Å². The van der Waals surface area contributed by atoms with Crippen LogP contribution in [0.15, 0.2) is 158 Å². The van der Waals surface area contributed by atoms with Gasteiger partial charge >= 0.3 is 0 Å². The normalized spacial score (nSPS) is 12.1. The standard InChI is InChI=1S/C43H26N4S/c1-2-10-28(11-3-1)41-44-42(46-43(45-41)30-22-25-34-33-15-5-7-19-38(33)48-39(34)26-30)29-20-23-31(24-21-29)47-36-17-6-4-14-32(36)35-16-8-12-27-13-9-18-37(47)40(27)35/h1-26H. The molecule has 1 aliphatic heterocycles. The molecule has 224 valence electrons. The molecule has 2 aromatic heterocycles. The Morgan fingerprint density at radius 2 is 1.02 bits per heavy atom. The van der Waals surface area contributed by atoms with Crippen LogP contribution in [0, 0.1) is 0 Å². The molecule has 1 aliphatic rings. The number of hydrogen-bond acceptors (Lipinski definition) is 5. The number of nitrogens with zero attached hydrogens (tertiary/aromatic N) is 4. The van der Waals surface area contributed by atoms with Gasteiger partial charge in [-0.05, 0) is 59.5 Å². The van der Waals surface area contributed by atoms with E-state index in [1.165, 1.54) is 53.4 Å². The number of aromatic nitrogens is 3. The van der Waals surface area contributed by atoms with Crippen molar-refractivity contribution < 1.29 is 0 Å². The number of hydrogen-bond donors (Lipinski definition) is 0. The number of para-hydroxylation sites is 1. The molecule has 0 saturated carbocycles. The molecule has 4 nitrogen and oxygen atoms in total. The Balaban J connectivity index is 1.10. The fraction of sp³-hybridized carbons (Fsp3) is 0. The maximum atomic E-state index is 5.07. The first-order valence-electron chi connectivity index (χ1n) is 16.0. The van der Waals surface area contributed by atoms with Crippen molar-refractivity contribution in [2.75, 3.05) is 4.90 Å². The van der Waals surface area contributed by atoms with Crippen molar-refractivity contribution in [3.8, 4) is 45.3 Å². The lowest BCUT2D eigenvalue weighted by Crippen LogP contribution is -2.14. The zero-order chi connectivity index (χ0) is 31.6. The van der Waals surface area contributed by atoms with Gasteiger partial charge in [0.15, 0.2) is 17.5 Å². The van der Waals surface area contributed by atoms with Crippen molar-refractivity contribution in [3.63, 3.8) is 0 Å². The van der Waals surface area contributed by atoms with Crippen molar-refractivity contribution in [1.82, 2.24) is 15.0 Å². The van der Waals surface area contributed by atoms with Crippen LogP contribution in [-0.4, -0.2) is 15.0 Å². The third-order valence-corrected chi connectivity index (χ3v) is 10.4. The Hall–Kier alpha value is -6.17. The topological polar surface area (TPSA) is 41.9 Å². The fourth-order valence-corrected chi connectivity index (χ4v) is 8.16. The fourth-order valence-electron chi connectivity index (χ4n) is 7.01. The first-order valence-corrected chi connectivity index (χ1v) is 16.9. The van der Waals surface area contributed by atoms with Crippen LogP contribution in [0.1, 0.15) is 0 Å². The molecule has 9 aromatic rings. The lowest BCUT2D eigenvalue weighted by atomic mass is 9.91. The average Bonchev–Trinajstić information content (AvgIpc) is 3.53. The first kappa shape index (κ1) is 27.0. The molecule has 3 heterocycles. The zero-order valence-corrected chi connectivity index (χ0v) is 26.5. The lowest BCUT2D eigenvalue weighted by Gasteiger charge is -2.33. The summed E-state index contributed by atoms with van der Waals surface area (Å²) < 4.78 is 2.50. The number of rotatable bonds is 4. The third-order valence-electron chi connectivity index (χ3n) is 9.25. The number of fused-ring (bicyclic) bond motifs is 5. The van der Waals surface area contributed by atoms with Gasteiger partial charge in [-0.3, -0.25) is 0 Å². The Morgan fingerprint density at radius 3 is 1.85 bits per heavy atom. The largest absolute Gasteiger partial charge is 0.309 e.